The smallest absolute Gasteiger partial charge is 0.241 e. The molecule has 0 saturated carbocycles. The second kappa shape index (κ2) is 6.89. The Balaban J connectivity index is 2.58. The average molecular weight is 267 g/mol. The van der Waals surface area contributed by atoms with Crippen LogP contribution in [0.4, 0.5) is 5.69 Å². The largest absolute Gasteiger partial charge is 0.358 e. The van der Waals surface area contributed by atoms with Crippen molar-refractivity contribution in [1.29, 1.82) is 0 Å². The first kappa shape index (κ1) is 15.2. The molecule has 1 aromatic rings. The zero-order chi connectivity index (χ0) is 14.4. The van der Waals surface area contributed by atoms with Crippen molar-refractivity contribution in [2.75, 3.05) is 12.4 Å². The molecule has 7 heteroatoms. The molecule has 2 amide bonds. The van der Waals surface area contributed by atoms with E-state index in [4.69, 9.17) is 5.73 Å². The number of carbonyl (C=O) groups is 2. The summed E-state index contributed by atoms with van der Waals surface area (Å²) in [4.78, 5) is 23.0. The highest BCUT2D eigenvalue weighted by molar-refractivity contribution is 5.94. The molecular weight excluding hydrogens is 246 g/mol. The Kier molecular flexibility index (Phi) is 5.50. The molecule has 19 heavy (non-hydrogen) atoms. The highest BCUT2D eigenvalue weighted by Crippen LogP contribution is 2.10. The van der Waals surface area contributed by atoms with E-state index in [1.807, 2.05) is 13.8 Å². The Morgan fingerprint density at radius 1 is 1.53 bits per heavy atom. The van der Waals surface area contributed by atoms with Crippen LogP contribution in [0, 0.1) is 5.92 Å². The van der Waals surface area contributed by atoms with Crippen LogP contribution in [0.1, 0.15) is 20.3 Å². The second-order valence-electron chi connectivity index (χ2n) is 4.50. The van der Waals surface area contributed by atoms with Crippen molar-refractivity contribution in [3.63, 3.8) is 0 Å². The monoisotopic (exact) mass is 267 g/mol. The van der Waals surface area contributed by atoms with E-state index in [1.54, 1.807) is 13.2 Å². The van der Waals surface area contributed by atoms with E-state index < -0.39 is 6.04 Å². The van der Waals surface area contributed by atoms with Gasteiger partial charge in [0.1, 0.15) is 6.54 Å². The summed E-state index contributed by atoms with van der Waals surface area (Å²) < 4.78 is 1.45. The van der Waals surface area contributed by atoms with Gasteiger partial charge in [0, 0.05) is 13.2 Å². The molecule has 0 aliphatic heterocycles. The van der Waals surface area contributed by atoms with E-state index in [2.05, 4.69) is 15.7 Å². The molecule has 1 heterocycles. The van der Waals surface area contributed by atoms with Gasteiger partial charge in [-0.15, -0.1) is 0 Å². The van der Waals surface area contributed by atoms with Gasteiger partial charge in [0.2, 0.25) is 11.8 Å². The van der Waals surface area contributed by atoms with E-state index in [-0.39, 0.29) is 24.3 Å². The molecule has 0 aliphatic carbocycles. The molecule has 2 atom stereocenters. The molecule has 2 unspecified atom stereocenters. The molecule has 0 spiro atoms. The first-order valence-corrected chi connectivity index (χ1v) is 6.27. The van der Waals surface area contributed by atoms with E-state index >= 15 is 0 Å². The van der Waals surface area contributed by atoms with Crippen LogP contribution in [-0.4, -0.2) is 34.7 Å². The summed E-state index contributed by atoms with van der Waals surface area (Å²) in [5.41, 5.74) is 6.36. The first-order valence-electron chi connectivity index (χ1n) is 6.27. The normalized spacial score (nSPS) is 13.7. The number of nitrogens with zero attached hydrogens (tertiary/aromatic N) is 2. The van der Waals surface area contributed by atoms with E-state index in [0.29, 0.717) is 5.69 Å². The Bertz CT molecular complexity index is 443. The fourth-order valence-electron chi connectivity index (χ4n) is 1.48. The lowest BCUT2D eigenvalue weighted by atomic mass is 9.99. The van der Waals surface area contributed by atoms with E-state index in [9.17, 15) is 9.59 Å². The van der Waals surface area contributed by atoms with Crippen LogP contribution in [0.25, 0.3) is 0 Å². The van der Waals surface area contributed by atoms with Gasteiger partial charge in [-0.05, 0) is 5.92 Å². The predicted molar refractivity (Wildman–Crippen MR) is 72.4 cm³/mol. The maximum Gasteiger partial charge on any atom is 0.241 e. The van der Waals surface area contributed by atoms with Gasteiger partial charge in [0.05, 0.1) is 17.9 Å². The van der Waals surface area contributed by atoms with Crippen molar-refractivity contribution >= 4 is 17.5 Å². The fourth-order valence-corrected chi connectivity index (χ4v) is 1.48. The number of likely N-dealkylation sites (N-methyl/N-ethyl adjacent to an activating group) is 1. The third kappa shape index (κ3) is 4.36. The summed E-state index contributed by atoms with van der Waals surface area (Å²) in [6, 6.07) is -0.549. The summed E-state index contributed by atoms with van der Waals surface area (Å²) in [5.74, 6) is -0.285. The summed E-state index contributed by atoms with van der Waals surface area (Å²) in [6.07, 6.45) is 3.92. The van der Waals surface area contributed by atoms with Crippen molar-refractivity contribution in [3.8, 4) is 0 Å². The van der Waals surface area contributed by atoms with Gasteiger partial charge in [-0.3, -0.25) is 14.3 Å². The van der Waals surface area contributed by atoms with Crippen molar-refractivity contribution in [2.24, 2.45) is 11.7 Å². The third-order valence-corrected chi connectivity index (χ3v) is 3.04. The summed E-state index contributed by atoms with van der Waals surface area (Å²) in [7, 11) is 1.56. The number of hydrogen-bond acceptors (Lipinski definition) is 4. The number of carbonyl (C=O) groups excluding carboxylic acids is 2. The van der Waals surface area contributed by atoms with Crippen molar-refractivity contribution in [2.45, 2.75) is 32.9 Å². The Morgan fingerprint density at radius 2 is 2.21 bits per heavy atom. The molecule has 0 saturated heterocycles. The average Bonchev–Trinajstić information content (AvgIpc) is 2.83. The van der Waals surface area contributed by atoms with Crippen LogP contribution in [0.3, 0.4) is 0 Å². The Labute approximate surface area is 112 Å². The number of hydrogen-bond donors (Lipinski definition) is 3. The molecule has 0 bridgehead atoms. The van der Waals surface area contributed by atoms with Gasteiger partial charge < -0.3 is 16.4 Å². The van der Waals surface area contributed by atoms with Gasteiger partial charge in [-0.1, -0.05) is 20.3 Å². The zero-order valence-corrected chi connectivity index (χ0v) is 11.5. The maximum atomic E-state index is 11.8. The number of nitrogens with two attached hydrogens (primary N) is 1. The molecule has 1 rings (SSSR count). The van der Waals surface area contributed by atoms with Crippen LogP contribution in [-0.2, 0) is 16.1 Å². The SMILES string of the molecule is CCC(C)C(N)C(=O)Nc1cnn(CC(=O)NC)c1. The van der Waals surface area contributed by atoms with Crippen LogP contribution in [0.5, 0.6) is 0 Å². The van der Waals surface area contributed by atoms with Crippen molar-refractivity contribution in [1.82, 2.24) is 15.1 Å². The van der Waals surface area contributed by atoms with Crippen molar-refractivity contribution < 1.29 is 9.59 Å². The number of anilines is 1. The lowest BCUT2D eigenvalue weighted by molar-refractivity contribution is -0.121. The number of aromatic nitrogens is 2. The molecule has 1 aromatic heterocycles. The van der Waals surface area contributed by atoms with Crippen LogP contribution >= 0.6 is 0 Å². The minimum atomic E-state index is -0.549. The lowest BCUT2D eigenvalue weighted by Crippen LogP contribution is -2.40. The van der Waals surface area contributed by atoms with Crippen LogP contribution in [0.2, 0.25) is 0 Å². The van der Waals surface area contributed by atoms with Gasteiger partial charge in [-0.2, -0.15) is 5.10 Å². The lowest BCUT2D eigenvalue weighted by Gasteiger charge is -2.16. The van der Waals surface area contributed by atoms with Gasteiger partial charge in [0.15, 0.2) is 0 Å². The molecule has 7 nitrogen and oxygen atoms in total. The number of rotatable bonds is 6. The van der Waals surface area contributed by atoms with E-state index in [0.717, 1.165) is 6.42 Å². The van der Waals surface area contributed by atoms with Crippen LogP contribution < -0.4 is 16.4 Å². The first-order chi connectivity index (χ1) is 8.97. The second-order valence-corrected chi connectivity index (χ2v) is 4.50. The van der Waals surface area contributed by atoms with E-state index in [1.165, 1.54) is 10.9 Å². The van der Waals surface area contributed by atoms with Gasteiger partial charge >= 0.3 is 0 Å². The van der Waals surface area contributed by atoms with Crippen molar-refractivity contribution in [3.05, 3.63) is 12.4 Å². The predicted octanol–water partition coefficient (Wildman–Crippen LogP) is -0.0590. The molecule has 0 radical (unpaired) electrons. The Morgan fingerprint density at radius 3 is 2.79 bits per heavy atom. The standard InChI is InChI=1S/C12H21N5O2/c1-4-8(2)11(13)12(19)16-9-5-15-17(6-9)7-10(18)14-3/h5-6,8,11H,4,7,13H2,1-3H3,(H,14,18)(H,16,19). The molecule has 4 N–H and O–H groups in total. The topological polar surface area (TPSA) is 102 Å². The minimum Gasteiger partial charge on any atom is -0.358 e. The zero-order valence-electron chi connectivity index (χ0n) is 11.5. The molecule has 0 aliphatic rings. The number of nitrogens with one attached hydrogen (secondary N) is 2. The molecule has 0 aromatic carbocycles. The summed E-state index contributed by atoms with van der Waals surface area (Å²) in [5, 5.41) is 9.17. The third-order valence-electron chi connectivity index (χ3n) is 3.04. The van der Waals surface area contributed by atoms with Crippen LogP contribution in [0.15, 0.2) is 12.4 Å². The molecule has 0 fully saturated rings. The maximum absolute atomic E-state index is 11.8. The quantitative estimate of drug-likeness (QED) is 0.672. The summed E-state index contributed by atoms with van der Waals surface area (Å²) >= 11 is 0. The molecule has 106 valence electrons. The highest BCUT2D eigenvalue weighted by atomic mass is 16.2. The Hall–Kier alpha value is -1.89. The number of amides is 2. The highest BCUT2D eigenvalue weighted by Gasteiger charge is 2.19. The van der Waals surface area contributed by atoms with Gasteiger partial charge in [-0.25, -0.2) is 0 Å². The molecular formula is C12H21N5O2. The fraction of sp³-hybridized carbons (Fsp3) is 0.583. The summed E-state index contributed by atoms with van der Waals surface area (Å²) in [6.45, 7) is 4.03. The van der Waals surface area contributed by atoms with Gasteiger partial charge in [0.25, 0.3) is 0 Å². The minimum absolute atomic E-state index is 0.112.